The lowest BCUT2D eigenvalue weighted by Gasteiger charge is -2.25. The second-order valence-corrected chi connectivity index (χ2v) is 5.53. The van der Waals surface area contributed by atoms with Gasteiger partial charge >= 0.3 is 6.18 Å². The number of benzene rings is 2. The highest BCUT2D eigenvalue weighted by molar-refractivity contribution is 5.74. The summed E-state index contributed by atoms with van der Waals surface area (Å²) in [6.07, 6.45) is -4.29. The molecule has 2 aromatic carbocycles. The van der Waals surface area contributed by atoms with Gasteiger partial charge in [0.2, 0.25) is 5.91 Å². The Morgan fingerprint density at radius 3 is 2.40 bits per heavy atom. The van der Waals surface area contributed by atoms with Crippen LogP contribution in [0.4, 0.5) is 18.9 Å². The maximum absolute atomic E-state index is 12.9. The van der Waals surface area contributed by atoms with E-state index in [1.54, 1.807) is 42.3 Å². The summed E-state index contributed by atoms with van der Waals surface area (Å²) in [5.41, 5.74) is 5.76. The minimum Gasteiger partial charge on any atom is -0.497 e. The molecule has 2 aromatic rings. The zero-order valence-corrected chi connectivity index (χ0v) is 13.7. The van der Waals surface area contributed by atoms with E-state index in [-0.39, 0.29) is 13.0 Å². The molecule has 0 radical (unpaired) electrons. The summed E-state index contributed by atoms with van der Waals surface area (Å²) >= 11 is 0. The van der Waals surface area contributed by atoms with Crippen LogP contribution in [0.1, 0.15) is 17.5 Å². The van der Waals surface area contributed by atoms with Gasteiger partial charge in [0.05, 0.1) is 12.7 Å². The Morgan fingerprint density at radius 2 is 1.84 bits per heavy atom. The third kappa shape index (κ3) is 5.41. The molecule has 134 valence electrons. The normalized spacial score (nSPS) is 11.2. The van der Waals surface area contributed by atoms with Crippen LogP contribution < -0.4 is 15.4 Å². The fourth-order valence-corrected chi connectivity index (χ4v) is 2.40. The number of methoxy groups -OCH3 is 1. The van der Waals surface area contributed by atoms with Crippen molar-refractivity contribution in [2.75, 3.05) is 18.6 Å². The van der Waals surface area contributed by atoms with Crippen molar-refractivity contribution in [3.63, 3.8) is 0 Å². The molecular formula is C18H19F3N2O2. The quantitative estimate of drug-likeness (QED) is 0.828. The zero-order chi connectivity index (χ0) is 18.4. The Bertz CT molecular complexity index is 715. The van der Waals surface area contributed by atoms with Crippen LogP contribution in [-0.2, 0) is 17.5 Å². The topological polar surface area (TPSA) is 55.6 Å². The van der Waals surface area contributed by atoms with Gasteiger partial charge in [0.15, 0.2) is 0 Å². The molecule has 0 heterocycles. The number of nitrogens with two attached hydrogens (primary N) is 1. The van der Waals surface area contributed by atoms with E-state index in [1.807, 2.05) is 0 Å². The first-order valence-electron chi connectivity index (χ1n) is 7.63. The SMILES string of the molecule is COc1ccc(N(CCC(N)=O)Cc2cccc(C(F)(F)F)c2)cc1. The predicted octanol–water partition coefficient (Wildman–Crippen LogP) is 3.60. The van der Waals surface area contributed by atoms with Crippen molar-refractivity contribution in [3.8, 4) is 5.75 Å². The third-order valence-corrected chi connectivity index (χ3v) is 3.69. The summed E-state index contributed by atoms with van der Waals surface area (Å²) in [7, 11) is 1.54. The van der Waals surface area contributed by atoms with E-state index in [4.69, 9.17) is 10.5 Å². The molecule has 0 saturated heterocycles. The molecule has 2 N–H and O–H groups in total. The largest absolute Gasteiger partial charge is 0.497 e. The molecule has 0 aliphatic rings. The average Bonchev–Trinajstić information content (AvgIpc) is 2.58. The highest BCUT2D eigenvalue weighted by Gasteiger charge is 2.30. The molecule has 0 aliphatic heterocycles. The van der Waals surface area contributed by atoms with Gasteiger partial charge in [0.25, 0.3) is 0 Å². The van der Waals surface area contributed by atoms with Gasteiger partial charge in [-0.2, -0.15) is 13.2 Å². The van der Waals surface area contributed by atoms with Gasteiger partial charge in [-0.3, -0.25) is 4.79 Å². The molecule has 0 bridgehead atoms. The van der Waals surface area contributed by atoms with E-state index < -0.39 is 17.6 Å². The summed E-state index contributed by atoms with van der Waals surface area (Å²) in [6, 6.07) is 12.2. The van der Waals surface area contributed by atoms with Crippen molar-refractivity contribution in [1.29, 1.82) is 0 Å². The molecule has 4 nitrogen and oxygen atoms in total. The van der Waals surface area contributed by atoms with Crippen LogP contribution in [0.25, 0.3) is 0 Å². The number of anilines is 1. The number of hydrogen-bond acceptors (Lipinski definition) is 3. The lowest BCUT2D eigenvalue weighted by molar-refractivity contribution is -0.137. The van der Waals surface area contributed by atoms with Crippen molar-refractivity contribution in [2.24, 2.45) is 5.73 Å². The molecular weight excluding hydrogens is 333 g/mol. The first-order chi connectivity index (χ1) is 11.8. The van der Waals surface area contributed by atoms with Crippen molar-refractivity contribution in [1.82, 2.24) is 0 Å². The fourth-order valence-electron chi connectivity index (χ4n) is 2.40. The van der Waals surface area contributed by atoms with Crippen LogP contribution in [0.3, 0.4) is 0 Å². The van der Waals surface area contributed by atoms with E-state index in [0.29, 0.717) is 17.9 Å². The monoisotopic (exact) mass is 352 g/mol. The Hall–Kier alpha value is -2.70. The number of ether oxygens (including phenoxy) is 1. The molecule has 0 saturated carbocycles. The number of amides is 1. The number of hydrogen-bond donors (Lipinski definition) is 1. The molecule has 7 heteroatoms. The van der Waals surface area contributed by atoms with Crippen molar-refractivity contribution >= 4 is 11.6 Å². The van der Waals surface area contributed by atoms with Crippen LogP contribution in [-0.4, -0.2) is 19.6 Å². The number of rotatable bonds is 7. The van der Waals surface area contributed by atoms with Gasteiger partial charge in [-0.1, -0.05) is 12.1 Å². The third-order valence-electron chi connectivity index (χ3n) is 3.69. The predicted molar refractivity (Wildman–Crippen MR) is 89.3 cm³/mol. The molecule has 0 fully saturated rings. The van der Waals surface area contributed by atoms with Gasteiger partial charge in [-0.05, 0) is 42.0 Å². The highest BCUT2D eigenvalue weighted by atomic mass is 19.4. The average molecular weight is 352 g/mol. The van der Waals surface area contributed by atoms with Gasteiger partial charge in [-0.15, -0.1) is 0 Å². The van der Waals surface area contributed by atoms with Crippen LogP contribution in [0.5, 0.6) is 5.75 Å². The van der Waals surface area contributed by atoms with Crippen LogP contribution >= 0.6 is 0 Å². The molecule has 25 heavy (non-hydrogen) atoms. The standard InChI is InChI=1S/C18H19F3N2O2/c1-25-16-7-5-15(6-8-16)23(10-9-17(22)24)12-13-3-2-4-14(11-13)18(19,20)21/h2-8,11H,9-10,12H2,1H3,(H2,22,24). The lowest BCUT2D eigenvalue weighted by Crippen LogP contribution is -2.27. The van der Waals surface area contributed by atoms with Crippen LogP contribution in [0.15, 0.2) is 48.5 Å². The summed E-state index contributed by atoms with van der Waals surface area (Å²) < 4.78 is 43.7. The summed E-state index contributed by atoms with van der Waals surface area (Å²) in [4.78, 5) is 12.9. The van der Waals surface area contributed by atoms with Crippen LogP contribution in [0, 0.1) is 0 Å². The number of carbonyl (C=O) groups is 1. The summed E-state index contributed by atoms with van der Waals surface area (Å²) in [6.45, 7) is 0.529. The second kappa shape index (κ2) is 7.92. The van der Waals surface area contributed by atoms with E-state index in [2.05, 4.69) is 0 Å². The fraction of sp³-hybridized carbons (Fsp3) is 0.278. The van der Waals surface area contributed by atoms with Gasteiger partial charge < -0.3 is 15.4 Å². The molecule has 0 unspecified atom stereocenters. The molecule has 0 aliphatic carbocycles. The maximum Gasteiger partial charge on any atom is 0.416 e. The summed E-state index contributed by atoms with van der Waals surface area (Å²) in [5.74, 6) is 0.195. The van der Waals surface area contributed by atoms with E-state index in [1.165, 1.54) is 6.07 Å². The lowest BCUT2D eigenvalue weighted by atomic mass is 10.1. The molecule has 2 rings (SSSR count). The Labute approximate surface area is 144 Å². The van der Waals surface area contributed by atoms with Crippen LogP contribution in [0.2, 0.25) is 0 Å². The molecule has 1 amide bonds. The number of carbonyl (C=O) groups excluding carboxylic acids is 1. The number of primary amides is 1. The smallest absolute Gasteiger partial charge is 0.416 e. The van der Waals surface area contributed by atoms with E-state index in [9.17, 15) is 18.0 Å². The van der Waals surface area contributed by atoms with Crippen molar-refractivity contribution in [2.45, 2.75) is 19.1 Å². The molecule has 0 spiro atoms. The van der Waals surface area contributed by atoms with Gasteiger partial charge in [-0.25, -0.2) is 0 Å². The minimum atomic E-state index is -4.39. The maximum atomic E-state index is 12.9. The molecule has 0 atom stereocenters. The minimum absolute atomic E-state index is 0.102. The number of alkyl halides is 3. The first-order valence-corrected chi connectivity index (χ1v) is 7.63. The van der Waals surface area contributed by atoms with Crippen molar-refractivity contribution < 1.29 is 22.7 Å². The Balaban J connectivity index is 2.24. The first kappa shape index (κ1) is 18.6. The van der Waals surface area contributed by atoms with E-state index >= 15 is 0 Å². The Kier molecular flexibility index (Phi) is 5.90. The number of halogens is 3. The highest BCUT2D eigenvalue weighted by Crippen LogP contribution is 2.30. The van der Waals surface area contributed by atoms with E-state index in [0.717, 1.165) is 17.8 Å². The van der Waals surface area contributed by atoms with Gasteiger partial charge in [0.1, 0.15) is 5.75 Å². The zero-order valence-electron chi connectivity index (χ0n) is 13.7. The second-order valence-electron chi connectivity index (χ2n) is 5.53. The van der Waals surface area contributed by atoms with Gasteiger partial charge in [0, 0.05) is 25.2 Å². The molecule has 0 aromatic heterocycles. The number of nitrogens with zero attached hydrogens (tertiary/aromatic N) is 1. The summed E-state index contributed by atoms with van der Waals surface area (Å²) in [5, 5.41) is 0. The van der Waals surface area contributed by atoms with Crippen molar-refractivity contribution in [3.05, 3.63) is 59.7 Å². The Morgan fingerprint density at radius 1 is 1.16 bits per heavy atom.